The van der Waals surface area contributed by atoms with Crippen LogP contribution in [0.5, 0.6) is 0 Å². The van der Waals surface area contributed by atoms with Crippen LogP contribution in [0.25, 0.3) is 0 Å². The average Bonchev–Trinajstić information content (AvgIpc) is 2.47. The quantitative estimate of drug-likeness (QED) is 0.330. The average molecular weight is 342 g/mol. The number of hydrogen-bond donors (Lipinski definition) is 2. The standard InChI is InChI=1S/C15H17N3O3S.Na/c1-18(2)14-7-3-12(4-8-14)11-16-17-13-5-9-15(10-6-13)22(19,20)21;/h3-11,17H,1-2H3,(H,19,20,21);/q;+1/b16-11+;. The molecule has 0 aliphatic heterocycles. The minimum atomic E-state index is -4.16. The van der Waals surface area contributed by atoms with Gasteiger partial charge in [-0.25, -0.2) is 0 Å². The number of hydrazone groups is 1. The van der Waals surface area contributed by atoms with Gasteiger partial charge in [-0.2, -0.15) is 13.5 Å². The first-order chi connectivity index (χ1) is 10.4. The molecule has 0 saturated carbocycles. The van der Waals surface area contributed by atoms with Crippen LogP contribution in [-0.2, 0) is 10.1 Å². The Morgan fingerprint density at radius 2 is 1.61 bits per heavy atom. The molecule has 0 unspecified atom stereocenters. The van der Waals surface area contributed by atoms with E-state index in [4.69, 9.17) is 4.55 Å². The second-order valence-corrected chi connectivity index (χ2v) is 6.28. The van der Waals surface area contributed by atoms with E-state index >= 15 is 0 Å². The van der Waals surface area contributed by atoms with Gasteiger partial charge in [0.25, 0.3) is 10.1 Å². The van der Waals surface area contributed by atoms with Gasteiger partial charge in [0.05, 0.1) is 16.8 Å². The third-order valence-corrected chi connectivity index (χ3v) is 3.84. The Hall–Kier alpha value is -1.38. The van der Waals surface area contributed by atoms with Gasteiger partial charge in [0.15, 0.2) is 0 Å². The van der Waals surface area contributed by atoms with E-state index in [2.05, 4.69) is 10.5 Å². The second-order valence-electron chi connectivity index (χ2n) is 4.86. The molecule has 0 amide bonds. The Balaban J connectivity index is 0.00000264. The summed E-state index contributed by atoms with van der Waals surface area (Å²) >= 11 is 0. The van der Waals surface area contributed by atoms with Gasteiger partial charge in [0.1, 0.15) is 0 Å². The Kier molecular flexibility index (Phi) is 7.24. The van der Waals surface area contributed by atoms with Crippen molar-refractivity contribution in [3.8, 4) is 0 Å². The van der Waals surface area contributed by atoms with Crippen molar-refractivity contribution in [3.05, 3.63) is 54.1 Å². The summed E-state index contributed by atoms with van der Waals surface area (Å²) in [5.41, 5.74) is 5.45. The molecule has 2 aromatic carbocycles. The molecule has 2 aromatic rings. The zero-order chi connectivity index (χ0) is 16.2. The molecule has 0 aromatic heterocycles. The Bertz CT molecular complexity index is 758. The zero-order valence-electron chi connectivity index (χ0n) is 13.3. The van der Waals surface area contributed by atoms with Crippen molar-refractivity contribution in [1.82, 2.24) is 0 Å². The van der Waals surface area contributed by atoms with E-state index in [-0.39, 0.29) is 34.5 Å². The molecule has 0 spiro atoms. The third-order valence-electron chi connectivity index (χ3n) is 2.97. The van der Waals surface area contributed by atoms with E-state index in [0.717, 1.165) is 11.3 Å². The summed E-state index contributed by atoms with van der Waals surface area (Å²) in [5.74, 6) is 0. The van der Waals surface area contributed by atoms with Crippen molar-refractivity contribution in [1.29, 1.82) is 0 Å². The summed E-state index contributed by atoms with van der Waals surface area (Å²) < 4.78 is 30.7. The molecule has 0 atom stereocenters. The molecule has 0 saturated heterocycles. The fourth-order valence-electron chi connectivity index (χ4n) is 1.74. The van der Waals surface area contributed by atoms with Crippen molar-refractivity contribution >= 4 is 27.7 Å². The summed E-state index contributed by atoms with van der Waals surface area (Å²) in [7, 11) is -0.218. The van der Waals surface area contributed by atoms with Gasteiger partial charge in [-0.1, -0.05) is 12.1 Å². The minimum absolute atomic E-state index is 0. The van der Waals surface area contributed by atoms with Crippen LogP contribution in [0.2, 0.25) is 0 Å². The van der Waals surface area contributed by atoms with E-state index in [1.165, 1.54) is 24.3 Å². The second kappa shape index (κ2) is 8.47. The van der Waals surface area contributed by atoms with Gasteiger partial charge in [-0.05, 0) is 42.0 Å². The number of anilines is 2. The molecular formula is C15H17N3NaO3S+. The van der Waals surface area contributed by atoms with Crippen molar-refractivity contribution in [3.63, 3.8) is 0 Å². The van der Waals surface area contributed by atoms with Crippen molar-refractivity contribution in [2.45, 2.75) is 4.90 Å². The van der Waals surface area contributed by atoms with Gasteiger partial charge < -0.3 is 4.90 Å². The van der Waals surface area contributed by atoms with E-state index in [1.807, 2.05) is 43.3 Å². The number of nitrogens with zero attached hydrogens (tertiary/aromatic N) is 2. The zero-order valence-corrected chi connectivity index (χ0v) is 16.1. The molecule has 2 rings (SSSR count). The third kappa shape index (κ3) is 5.96. The monoisotopic (exact) mass is 342 g/mol. The first-order valence-electron chi connectivity index (χ1n) is 6.50. The fraction of sp³-hybridized carbons (Fsp3) is 0.133. The maximum absolute atomic E-state index is 10.9. The van der Waals surface area contributed by atoms with Gasteiger partial charge in [0.2, 0.25) is 0 Å². The molecule has 116 valence electrons. The van der Waals surface area contributed by atoms with Crippen molar-refractivity contribution in [2.24, 2.45) is 5.10 Å². The van der Waals surface area contributed by atoms with E-state index < -0.39 is 10.1 Å². The van der Waals surface area contributed by atoms with Gasteiger partial charge in [0, 0.05) is 19.8 Å². The molecule has 0 bridgehead atoms. The van der Waals surface area contributed by atoms with Crippen LogP contribution < -0.4 is 39.9 Å². The van der Waals surface area contributed by atoms with Crippen molar-refractivity contribution in [2.75, 3.05) is 24.4 Å². The first-order valence-corrected chi connectivity index (χ1v) is 7.94. The Morgan fingerprint density at radius 3 is 2.09 bits per heavy atom. The molecule has 0 heterocycles. The molecule has 23 heavy (non-hydrogen) atoms. The smallest absolute Gasteiger partial charge is 0.378 e. The number of benzene rings is 2. The maximum Gasteiger partial charge on any atom is 1.00 e. The summed E-state index contributed by atoms with van der Waals surface area (Å²) in [4.78, 5) is 1.86. The molecule has 0 aliphatic rings. The van der Waals surface area contributed by atoms with Crippen LogP contribution in [0.3, 0.4) is 0 Å². The van der Waals surface area contributed by atoms with Crippen molar-refractivity contribution < 1.29 is 42.5 Å². The predicted molar refractivity (Wildman–Crippen MR) is 88.2 cm³/mol. The molecule has 8 heteroatoms. The maximum atomic E-state index is 10.9. The topological polar surface area (TPSA) is 82.0 Å². The molecular weight excluding hydrogens is 325 g/mol. The van der Waals surface area contributed by atoms with E-state index in [1.54, 1.807) is 6.21 Å². The van der Waals surface area contributed by atoms with Crippen LogP contribution in [0.1, 0.15) is 5.56 Å². The molecule has 0 fully saturated rings. The number of rotatable bonds is 5. The Labute approximate surface area is 158 Å². The predicted octanol–water partition coefficient (Wildman–Crippen LogP) is -0.551. The van der Waals surface area contributed by atoms with Crippen LogP contribution in [0.4, 0.5) is 11.4 Å². The van der Waals surface area contributed by atoms with Gasteiger partial charge in [-0.15, -0.1) is 0 Å². The van der Waals surface area contributed by atoms with Gasteiger partial charge in [-0.3, -0.25) is 9.98 Å². The van der Waals surface area contributed by atoms with Crippen LogP contribution >= 0.6 is 0 Å². The molecule has 0 aliphatic carbocycles. The molecule has 6 nitrogen and oxygen atoms in total. The molecule has 0 radical (unpaired) electrons. The number of nitrogens with one attached hydrogen (secondary N) is 1. The summed E-state index contributed by atoms with van der Waals surface area (Å²) in [5, 5.41) is 4.08. The summed E-state index contributed by atoms with van der Waals surface area (Å²) in [6.45, 7) is 0. The number of hydrogen-bond acceptors (Lipinski definition) is 5. The SMILES string of the molecule is CN(C)c1ccc(/C=N/Nc2ccc(S(=O)(=O)O)cc2)cc1.[Na+]. The van der Waals surface area contributed by atoms with Crippen LogP contribution in [0, 0.1) is 0 Å². The van der Waals surface area contributed by atoms with E-state index in [9.17, 15) is 8.42 Å². The Morgan fingerprint density at radius 1 is 1.04 bits per heavy atom. The van der Waals surface area contributed by atoms with E-state index in [0.29, 0.717) is 5.69 Å². The molecule has 2 N–H and O–H groups in total. The fourth-order valence-corrected chi connectivity index (χ4v) is 2.22. The van der Waals surface area contributed by atoms with Crippen LogP contribution in [-0.4, -0.2) is 33.3 Å². The normalized spacial score (nSPS) is 11.1. The first kappa shape index (κ1) is 19.7. The van der Waals surface area contributed by atoms with Crippen LogP contribution in [0.15, 0.2) is 58.5 Å². The largest absolute Gasteiger partial charge is 1.00 e. The minimum Gasteiger partial charge on any atom is -0.378 e. The van der Waals surface area contributed by atoms with Gasteiger partial charge >= 0.3 is 29.6 Å². The summed E-state index contributed by atoms with van der Waals surface area (Å²) in [6, 6.07) is 13.5. The summed E-state index contributed by atoms with van der Waals surface area (Å²) in [6.07, 6.45) is 1.66.